The number of carbonyl (C=O) groups excluding carboxylic acids is 1. The highest BCUT2D eigenvalue weighted by atomic mass is 16.5. The predicted octanol–water partition coefficient (Wildman–Crippen LogP) is 4.98. The van der Waals surface area contributed by atoms with Crippen molar-refractivity contribution in [1.82, 2.24) is 10.4 Å². The van der Waals surface area contributed by atoms with Crippen LogP contribution in [0.15, 0.2) is 77.9 Å². The van der Waals surface area contributed by atoms with Crippen molar-refractivity contribution in [3.05, 3.63) is 89.5 Å². The number of rotatable bonds is 6. The number of nitrogens with one attached hydrogen (secondary N) is 2. The van der Waals surface area contributed by atoms with Crippen molar-refractivity contribution in [3.63, 3.8) is 0 Å². The first-order valence-electron chi connectivity index (χ1n) is 9.80. The number of amides is 1. The number of hydrogen-bond donors (Lipinski definition) is 2. The van der Waals surface area contributed by atoms with E-state index in [1.165, 1.54) is 5.56 Å². The number of aromatic nitrogens is 1. The van der Waals surface area contributed by atoms with Gasteiger partial charge in [0.05, 0.1) is 11.9 Å². The van der Waals surface area contributed by atoms with Gasteiger partial charge < -0.3 is 9.72 Å². The van der Waals surface area contributed by atoms with Crippen molar-refractivity contribution in [3.8, 4) is 17.0 Å². The van der Waals surface area contributed by atoms with Gasteiger partial charge in [0.2, 0.25) is 0 Å². The summed E-state index contributed by atoms with van der Waals surface area (Å²) in [7, 11) is 0. The average Bonchev–Trinajstić information content (AvgIpc) is 3.14. The molecule has 150 valence electrons. The van der Waals surface area contributed by atoms with Crippen LogP contribution in [0, 0.1) is 13.8 Å². The van der Waals surface area contributed by atoms with Crippen LogP contribution in [0.4, 0.5) is 0 Å². The largest absolute Gasteiger partial charge is 0.484 e. The molecule has 30 heavy (non-hydrogen) atoms. The number of aryl methyl sites for hydroxylation is 2. The smallest absolute Gasteiger partial charge is 0.277 e. The van der Waals surface area contributed by atoms with Gasteiger partial charge in [0.1, 0.15) is 5.75 Å². The van der Waals surface area contributed by atoms with Crippen LogP contribution in [0.25, 0.3) is 22.2 Å². The average molecular weight is 397 g/mol. The molecule has 4 rings (SSSR count). The summed E-state index contributed by atoms with van der Waals surface area (Å²) < 4.78 is 5.56. The molecule has 0 fully saturated rings. The predicted molar refractivity (Wildman–Crippen MR) is 121 cm³/mol. The van der Waals surface area contributed by atoms with E-state index in [1.54, 1.807) is 6.21 Å². The summed E-state index contributed by atoms with van der Waals surface area (Å²) in [5.74, 6) is 0.353. The second kappa shape index (κ2) is 8.66. The first-order chi connectivity index (χ1) is 14.6. The van der Waals surface area contributed by atoms with Crippen LogP contribution in [-0.4, -0.2) is 23.7 Å². The van der Waals surface area contributed by atoms with Gasteiger partial charge in [-0.05, 0) is 48.7 Å². The molecule has 0 radical (unpaired) electrons. The van der Waals surface area contributed by atoms with E-state index in [0.29, 0.717) is 5.75 Å². The maximum absolute atomic E-state index is 12.2. The maximum atomic E-state index is 12.2. The molecule has 0 aliphatic rings. The summed E-state index contributed by atoms with van der Waals surface area (Å²) in [6, 6.07) is 23.8. The molecule has 0 saturated heterocycles. The molecule has 1 amide bonds. The SMILES string of the molecule is Cc1ccc(OCC(=O)N/N=C/c2c(-c3ccccc3)[nH]c3ccccc23)cc1C. The number of ether oxygens (including phenoxy) is 1. The summed E-state index contributed by atoms with van der Waals surface area (Å²) >= 11 is 0. The maximum Gasteiger partial charge on any atom is 0.277 e. The fourth-order valence-electron chi connectivity index (χ4n) is 3.28. The Morgan fingerprint density at radius 1 is 1.00 bits per heavy atom. The molecule has 0 spiro atoms. The van der Waals surface area contributed by atoms with Crippen molar-refractivity contribution in [2.45, 2.75) is 13.8 Å². The van der Waals surface area contributed by atoms with E-state index in [2.05, 4.69) is 15.5 Å². The van der Waals surface area contributed by atoms with Crippen LogP contribution in [0.2, 0.25) is 0 Å². The molecule has 0 bridgehead atoms. The van der Waals surface area contributed by atoms with Crippen molar-refractivity contribution >= 4 is 23.0 Å². The Hall–Kier alpha value is -3.86. The number of hydrazone groups is 1. The fourth-order valence-corrected chi connectivity index (χ4v) is 3.28. The van der Waals surface area contributed by atoms with Crippen LogP contribution in [0.5, 0.6) is 5.75 Å². The van der Waals surface area contributed by atoms with E-state index in [4.69, 9.17) is 4.74 Å². The normalized spacial score (nSPS) is 11.1. The molecule has 0 unspecified atom stereocenters. The zero-order valence-electron chi connectivity index (χ0n) is 17.0. The number of H-pyrrole nitrogens is 1. The molecule has 4 aromatic rings. The number of nitrogens with zero attached hydrogens (tertiary/aromatic N) is 1. The number of aromatic amines is 1. The third kappa shape index (κ3) is 4.25. The van der Waals surface area contributed by atoms with Gasteiger partial charge in [-0.25, -0.2) is 5.43 Å². The van der Waals surface area contributed by atoms with Gasteiger partial charge in [-0.2, -0.15) is 5.10 Å². The highest BCUT2D eigenvalue weighted by Gasteiger charge is 2.11. The quantitative estimate of drug-likeness (QED) is 0.356. The lowest BCUT2D eigenvalue weighted by atomic mass is 10.1. The van der Waals surface area contributed by atoms with Gasteiger partial charge in [-0.3, -0.25) is 4.79 Å². The van der Waals surface area contributed by atoms with Gasteiger partial charge in [-0.15, -0.1) is 0 Å². The summed E-state index contributed by atoms with van der Waals surface area (Å²) in [6.07, 6.45) is 1.68. The minimum atomic E-state index is -0.314. The second-order valence-electron chi connectivity index (χ2n) is 7.15. The molecule has 3 aromatic carbocycles. The molecule has 0 aliphatic heterocycles. The van der Waals surface area contributed by atoms with Gasteiger partial charge in [0.25, 0.3) is 5.91 Å². The molecule has 5 heteroatoms. The number of benzene rings is 3. The Kier molecular flexibility index (Phi) is 5.61. The lowest BCUT2D eigenvalue weighted by Crippen LogP contribution is -2.24. The summed E-state index contributed by atoms with van der Waals surface area (Å²) in [4.78, 5) is 15.6. The molecule has 0 aliphatic carbocycles. The molecule has 0 atom stereocenters. The molecule has 2 N–H and O–H groups in total. The minimum Gasteiger partial charge on any atom is -0.484 e. The van der Waals surface area contributed by atoms with Gasteiger partial charge in [0, 0.05) is 16.5 Å². The van der Waals surface area contributed by atoms with E-state index in [-0.39, 0.29) is 12.5 Å². The standard InChI is InChI=1S/C25H23N3O2/c1-17-12-13-20(14-18(17)2)30-16-24(29)28-26-15-22-21-10-6-7-11-23(21)27-25(22)19-8-4-3-5-9-19/h3-15,27H,16H2,1-2H3,(H,28,29)/b26-15+. The fraction of sp³-hybridized carbons (Fsp3) is 0.120. The summed E-state index contributed by atoms with van der Waals surface area (Å²) in [6.45, 7) is 3.95. The van der Waals surface area contributed by atoms with E-state index >= 15 is 0 Å². The first kappa shape index (κ1) is 19.5. The number of fused-ring (bicyclic) bond motifs is 1. The monoisotopic (exact) mass is 397 g/mol. The number of carbonyl (C=O) groups is 1. The highest BCUT2D eigenvalue weighted by molar-refractivity contribution is 6.06. The third-order valence-electron chi connectivity index (χ3n) is 5.04. The van der Waals surface area contributed by atoms with E-state index < -0.39 is 0 Å². The minimum absolute atomic E-state index is 0.0979. The van der Waals surface area contributed by atoms with Crippen LogP contribution in [0.3, 0.4) is 0 Å². The molecular weight excluding hydrogens is 374 g/mol. The van der Waals surface area contributed by atoms with Gasteiger partial charge in [-0.1, -0.05) is 54.6 Å². The van der Waals surface area contributed by atoms with Crippen LogP contribution in [0.1, 0.15) is 16.7 Å². The van der Waals surface area contributed by atoms with E-state index in [9.17, 15) is 4.79 Å². The van der Waals surface area contributed by atoms with Crippen LogP contribution in [-0.2, 0) is 4.79 Å². The Morgan fingerprint density at radius 3 is 2.57 bits per heavy atom. The zero-order valence-corrected chi connectivity index (χ0v) is 17.0. The van der Waals surface area contributed by atoms with Gasteiger partial charge >= 0.3 is 0 Å². The highest BCUT2D eigenvalue weighted by Crippen LogP contribution is 2.28. The second-order valence-corrected chi connectivity index (χ2v) is 7.15. The Morgan fingerprint density at radius 2 is 1.77 bits per heavy atom. The van der Waals surface area contributed by atoms with Gasteiger partial charge in [0.15, 0.2) is 6.61 Å². The van der Waals surface area contributed by atoms with Crippen molar-refractivity contribution in [2.24, 2.45) is 5.10 Å². The van der Waals surface area contributed by atoms with Crippen molar-refractivity contribution < 1.29 is 9.53 Å². The Bertz CT molecular complexity index is 1210. The lowest BCUT2D eigenvalue weighted by molar-refractivity contribution is -0.123. The molecule has 0 saturated carbocycles. The Labute approximate surface area is 175 Å². The zero-order chi connectivity index (χ0) is 20.9. The molecule has 1 aromatic heterocycles. The molecular formula is C25H23N3O2. The molecule has 1 heterocycles. The topological polar surface area (TPSA) is 66.5 Å². The van der Waals surface area contributed by atoms with E-state index in [1.807, 2.05) is 86.6 Å². The van der Waals surface area contributed by atoms with Crippen LogP contribution >= 0.6 is 0 Å². The first-order valence-corrected chi connectivity index (χ1v) is 9.80. The molecule has 5 nitrogen and oxygen atoms in total. The summed E-state index contributed by atoms with van der Waals surface area (Å²) in [5.41, 5.74) is 8.81. The third-order valence-corrected chi connectivity index (χ3v) is 5.04. The van der Waals surface area contributed by atoms with Crippen LogP contribution < -0.4 is 10.2 Å². The van der Waals surface area contributed by atoms with Crippen molar-refractivity contribution in [2.75, 3.05) is 6.61 Å². The Balaban J connectivity index is 1.48. The summed E-state index contributed by atoms with van der Waals surface area (Å²) in [5, 5.41) is 5.21. The van der Waals surface area contributed by atoms with E-state index in [0.717, 1.165) is 33.3 Å². The number of para-hydroxylation sites is 1. The number of hydrogen-bond acceptors (Lipinski definition) is 3. The lowest BCUT2D eigenvalue weighted by Gasteiger charge is -2.07. The van der Waals surface area contributed by atoms with Crippen molar-refractivity contribution in [1.29, 1.82) is 0 Å².